The maximum Gasteiger partial charge on any atom is 0.416 e. The van der Waals surface area contributed by atoms with Crippen molar-refractivity contribution in [1.29, 1.82) is 0 Å². The van der Waals surface area contributed by atoms with Gasteiger partial charge in [-0.3, -0.25) is 9.59 Å². The molecule has 7 nitrogen and oxygen atoms in total. The highest BCUT2D eigenvalue weighted by atomic mass is 32.2. The molecule has 2 aromatic carbocycles. The Morgan fingerprint density at radius 1 is 1.08 bits per heavy atom. The number of nitrogens with zero attached hydrogens (tertiary/aromatic N) is 1. The summed E-state index contributed by atoms with van der Waals surface area (Å²) in [6.07, 6.45) is -1.16. The van der Waals surface area contributed by atoms with Crippen molar-refractivity contribution in [3.63, 3.8) is 0 Å². The Morgan fingerprint density at radius 2 is 1.79 bits per heavy atom. The van der Waals surface area contributed by atoms with E-state index >= 15 is 0 Å². The van der Waals surface area contributed by atoms with Crippen molar-refractivity contribution >= 4 is 27.3 Å². The zero-order valence-corrected chi connectivity index (χ0v) is 21.5. The second-order valence-corrected chi connectivity index (χ2v) is 12.3. The molecule has 0 aromatic heterocycles. The molecule has 5 rings (SSSR count). The summed E-state index contributed by atoms with van der Waals surface area (Å²) in [4.78, 5) is 28.6. The average molecular weight is 554 g/mol. The lowest BCUT2D eigenvalue weighted by atomic mass is 9.98. The van der Waals surface area contributed by atoms with Gasteiger partial charge in [-0.05, 0) is 67.9 Å². The molecule has 4 atom stereocenters. The van der Waals surface area contributed by atoms with Gasteiger partial charge in [0, 0.05) is 30.6 Å². The number of piperidine rings is 1. The van der Waals surface area contributed by atoms with Crippen molar-refractivity contribution < 1.29 is 35.6 Å². The summed E-state index contributed by atoms with van der Waals surface area (Å²) < 4.78 is 78.0. The van der Waals surface area contributed by atoms with Crippen molar-refractivity contribution in [3.8, 4) is 0 Å². The number of nitrogens with one attached hydrogen (secondary N) is 2. The van der Waals surface area contributed by atoms with Crippen molar-refractivity contribution in [2.24, 2.45) is 11.8 Å². The zero-order valence-electron chi connectivity index (χ0n) is 20.7. The summed E-state index contributed by atoms with van der Waals surface area (Å²) in [6, 6.07) is 4.62. The molecule has 2 saturated carbocycles. The second kappa shape index (κ2) is 9.25. The Bertz CT molecular complexity index is 1410. The average Bonchev–Trinajstić information content (AvgIpc) is 3.78. The van der Waals surface area contributed by atoms with Gasteiger partial charge in [-0.25, -0.2) is 12.8 Å². The van der Waals surface area contributed by atoms with Gasteiger partial charge in [-0.15, -0.1) is 0 Å². The lowest BCUT2D eigenvalue weighted by molar-refractivity contribution is -0.137. The predicted molar refractivity (Wildman–Crippen MR) is 131 cm³/mol. The number of benzene rings is 2. The molecule has 1 saturated heterocycles. The molecule has 38 heavy (non-hydrogen) atoms. The van der Waals surface area contributed by atoms with Gasteiger partial charge in [-0.2, -0.15) is 13.2 Å². The number of rotatable bonds is 7. The van der Waals surface area contributed by atoms with E-state index in [0.717, 1.165) is 24.8 Å². The number of sulfone groups is 1. The molecule has 3 aliphatic rings. The van der Waals surface area contributed by atoms with E-state index in [4.69, 9.17) is 0 Å². The Labute approximate surface area is 217 Å². The maximum atomic E-state index is 14.8. The molecular weight excluding hydrogens is 526 g/mol. The monoisotopic (exact) mass is 553 g/mol. The van der Waals surface area contributed by atoms with E-state index in [1.807, 2.05) is 0 Å². The fourth-order valence-corrected chi connectivity index (χ4v) is 6.00. The number of anilines is 1. The minimum atomic E-state index is -4.69. The molecule has 0 bridgehead atoms. The van der Waals surface area contributed by atoms with Crippen LogP contribution in [0, 0.1) is 17.7 Å². The standard InChI is InChI=1S/C26H27F4N3O4S/c1-31-20-8-6-16(38(2,36)37)12-18(20)25(35)33-21-9-14(21)10-22(33)24(34)32-23(13-3-4-13)17-7-5-15(11-19(17)27)26(28,29)30/h5-8,11-14,21-23,31H,3-4,9-10H2,1-2H3,(H,32,34)/t14-,21-,22-,23-/m1/s1. The summed E-state index contributed by atoms with van der Waals surface area (Å²) in [5.74, 6) is -2.04. The summed E-state index contributed by atoms with van der Waals surface area (Å²) in [5.41, 5.74) is -0.598. The van der Waals surface area contributed by atoms with Gasteiger partial charge in [0.1, 0.15) is 11.9 Å². The van der Waals surface area contributed by atoms with Crippen LogP contribution in [-0.4, -0.2) is 50.5 Å². The number of amides is 2. The molecule has 12 heteroatoms. The van der Waals surface area contributed by atoms with Gasteiger partial charge in [0.15, 0.2) is 9.84 Å². The highest BCUT2D eigenvalue weighted by molar-refractivity contribution is 7.90. The van der Waals surface area contributed by atoms with Crippen molar-refractivity contribution in [3.05, 3.63) is 58.9 Å². The van der Waals surface area contributed by atoms with Crippen molar-refractivity contribution in [2.45, 2.75) is 54.9 Å². The summed E-state index contributed by atoms with van der Waals surface area (Å²) in [7, 11) is -1.99. The van der Waals surface area contributed by atoms with E-state index in [1.165, 1.54) is 23.1 Å². The molecule has 3 fully saturated rings. The fraction of sp³-hybridized carbons (Fsp3) is 0.462. The Balaban J connectivity index is 1.41. The van der Waals surface area contributed by atoms with Crippen LogP contribution in [0.1, 0.15) is 53.2 Å². The number of carbonyl (C=O) groups is 2. The van der Waals surface area contributed by atoms with Gasteiger partial charge < -0.3 is 15.5 Å². The van der Waals surface area contributed by atoms with E-state index in [0.29, 0.717) is 31.0 Å². The summed E-state index contributed by atoms with van der Waals surface area (Å²) in [5, 5.41) is 5.70. The summed E-state index contributed by atoms with van der Waals surface area (Å²) >= 11 is 0. The van der Waals surface area contributed by atoms with Crippen LogP contribution in [0.25, 0.3) is 0 Å². The lowest BCUT2D eigenvalue weighted by Gasteiger charge is -2.30. The van der Waals surface area contributed by atoms with Crippen LogP contribution in [0.2, 0.25) is 0 Å². The quantitative estimate of drug-likeness (QED) is 0.502. The van der Waals surface area contributed by atoms with Crippen molar-refractivity contribution in [1.82, 2.24) is 10.2 Å². The van der Waals surface area contributed by atoms with Crippen LogP contribution in [0.15, 0.2) is 41.3 Å². The number of fused-ring (bicyclic) bond motifs is 1. The molecule has 1 aliphatic heterocycles. The first-order chi connectivity index (χ1) is 17.8. The molecule has 2 aliphatic carbocycles. The van der Waals surface area contributed by atoms with Crippen LogP contribution in [0.3, 0.4) is 0 Å². The molecule has 2 amide bonds. The summed E-state index contributed by atoms with van der Waals surface area (Å²) in [6.45, 7) is 0. The lowest BCUT2D eigenvalue weighted by Crippen LogP contribution is -2.49. The molecular formula is C26H27F4N3O4S. The highest BCUT2D eigenvalue weighted by Gasteiger charge is 2.56. The first kappa shape index (κ1) is 26.5. The Hall–Kier alpha value is -3.15. The van der Waals surface area contributed by atoms with Crippen molar-refractivity contribution in [2.75, 3.05) is 18.6 Å². The SMILES string of the molecule is CNc1ccc(S(C)(=O)=O)cc1C(=O)N1[C@@H](C(=O)N[C@@H](c2ccc(C(F)(F)F)cc2F)C2CC2)C[C@H]2C[C@H]21. The van der Waals surface area contributed by atoms with E-state index in [2.05, 4.69) is 10.6 Å². The number of hydrogen-bond acceptors (Lipinski definition) is 5. The van der Waals surface area contributed by atoms with E-state index in [-0.39, 0.29) is 33.9 Å². The smallest absolute Gasteiger partial charge is 0.387 e. The van der Waals surface area contributed by atoms with Gasteiger partial charge in [-0.1, -0.05) is 6.07 Å². The minimum absolute atomic E-state index is 0.0202. The topological polar surface area (TPSA) is 95.6 Å². The van der Waals surface area contributed by atoms with Crippen LogP contribution >= 0.6 is 0 Å². The second-order valence-electron chi connectivity index (χ2n) is 10.3. The Kier molecular flexibility index (Phi) is 6.44. The molecule has 2 aromatic rings. The molecule has 0 radical (unpaired) electrons. The largest absolute Gasteiger partial charge is 0.416 e. The molecule has 0 spiro atoms. The van der Waals surface area contributed by atoms with Gasteiger partial charge in [0.25, 0.3) is 5.91 Å². The number of hydrogen-bond donors (Lipinski definition) is 2. The predicted octanol–water partition coefficient (Wildman–Crippen LogP) is 4.16. The van der Waals surface area contributed by atoms with E-state index < -0.39 is 51.3 Å². The van der Waals surface area contributed by atoms with Crippen LogP contribution in [0.5, 0.6) is 0 Å². The van der Waals surface area contributed by atoms with Gasteiger partial charge in [0.2, 0.25) is 5.91 Å². The highest BCUT2D eigenvalue weighted by Crippen LogP contribution is 2.49. The number of alkyl halides is 3. The fourth-order valence-electron chi connectivity index (χ4n) is 5.35. The number of likely N-dealkylation sites (tertiary alicyclic amines) is 1. The molecule has 204 valence electrons. The zero-order chi connectivity index (χ0) is 27.6. The number of halogens is 4. The third-order valence-electron chi connectivity index (χ3n) is 7.61. The first-order valence-corrected chi connectivity index (χ1v) is 14.2. The van der Waals surface area contributed by atoms with Crippen LogP contribution < -0.4 is 10.6 Å². The van der Waals surface area contributed by atoms with Gasteiger partial charge in [0.05, 0.1) is 22.1 Å². The maximum absolute atomic E-state index is 14.8. The minimum Gasteiger partial charge on any atom is -0.387 e. The Morgan fingerprint density at radius 3 is 2.37 bits per heavy atom. The molecule has 0 unspecified atom stereocenters. The first-order valence-electron chi connectivity index (χ1n) is 12.3. The van der Waals surface area contributed by atoms with Crippen LogP contribution in [0.4, 0.5) is 23.2 Å². The number of carbonyl (C=O) groups excluding carboxylic acids is 2. The molecule has 2 N–H and O–H groups in total. The van der Waals surface area contributed by atoms with Gasteiger partial charge >= 0.3 is 6.18 Å². The van der Waals surface area contributed by atoms with E-state index in [9.17, 15) is 35.6 Å². The van der Waals surface area contributed by atoms with E-state index in [1.54, 1.807) is 7.05 Å². The third kappa shape index (κ3) is 4.97. The van der Waals surface area contributed by atoms with Crippen LogP contribution in [-0.2, 0) is 20.8 Å². The normalized spacial score (nSPS) is 23.5. The molecule has 1 heterocycles. The third-order valence-corrected chi connectivity index (χ3v) is 8.72.